The molecule has 0 aliphatic carbocycles. The van der Waals surface area contributed by atoms with Crippen molar-refractivity contribution in [1.29, 1.82) is 0 Å². The molecule has 2 aromatic heterocycles. The molecule has 38 heavy (non-hydrogen) atoms. The molecule has 9 nitrogen and oxygen atoms in total. The second kappa shape index (κ2) is 10.3. The molecule has 0 fully saturated rings. The Morgan fingerprint density at radius 1 is 1.03 bits per heavy atom. The number of carbonyl (C=O) groups is 1. The van der Waals surface area contributed by atoms with Crippen LogP contribution in [-0.4, -0.2) is 50.8 Å². The number of sulfonamides is 1. The van der Waals surface area contributed by atoms with Gasteiger partial charge in [0.2, 0.25) is 0 Å². The van der Waals surface area contributed by atoms with Crippen molar-refractivity contribution in [2.45, 2.75) is 36.7 Å². The van der Waals surface area contributed by atoms with Gasteiger partial charge in [-0.15, -0.1) is 10.2 Å². The molecule has 2 aromatic carbocycles. The standard InChI is InChI=1S/C25H24Cl2N4O5S2/c1-25(2,3)23(24(32)33)31(38(35,36)19-13-16(26)12-17(27)14-19)18-5-6-20-15(11-18)9-10-30(20)21-7-8-22(29-28-21)37(4)34/h5-14,23H,1-4H3,(H,32,33). The maximum absolute atomic E-state index is 14.0. The summed E-state index contributed by atoms with van der Waals surface area (Å²) in [5.74, 6) is -0.839. The number of fused-ring (bicyclic) bond motifs is 1. The molecule has 0 saturated heterocycles. The average molecular weight is 596 g/mol. The zero-order valence-electron chi connectivity index (χ0n) is 20.8. The molecule has 2 atom stereocenters. The van der Waals surface area contributed by atoms with Crippen LogP contribution in [0.3, 0.4) is 0 Å². The lowest BCUT2D eigenvalue weighted by atomic mass is 9.86. The third kappa shape index (κ3) is 5.42. The first kappa shape index (κ1) is 28.0. The smallest absolute Gasteiger partial charge is 0.328 e. The summed E-state index contributed by atoms with van der Waals surface area (Å²) in [6.07, 6.45) is 3.24. The largest absolute Gasteiger partial charge is 0.480 e. The molecule has 4 aromatic rings. The molecule has 0 aliphatic rings. The summed E-state index contributed by atoms with van der Waals surface area (Å²) in [7, 11) is -5.70. The molecule has 4 rings (SSSR count). The topological polar surface area (TPSA) is 122 Å². The van der Waals surface area contributed by atoms with Crippen LogP contribution < -0.4 is 4.31 Å². The lowest BCUT2D eigenvalue weighted by Gasteiger charge is -2.37. The summed E-state index contributed by atoms with van der Waals surface area (Å²) in [6.45, 7) is 4.96. The SMILES string of the molecule is CS(=O)c1ccc(-n2ccc3cc(N(C(C(=O)O)C(C)(C)C)S(=O)(=O)c4cc(Cl)cc(Cl)c4)ccc32)nn1. The number of hydrogen-bond donors (Lipinski definition) is 1. The van der Waals surface area contributed by atoms with Gasteiger partial charge in [-0.2, -0.15) is 0 Å². The van der Waals surface area contributed by atoms with Crippen molar-refractivity contribution in [2.75, 3.05) is 10.6 Å². The molecule has 200 valence electrons. The van der Waals surface area contributed by atoms with Crippen molar-refractivity contribution in [3.63, 3.8) is 0 Å². The van der Waals surface area contributed by atoms with Gasteiger partial charge in [-0.1, -0.05) is 44.0 Å². The third-order valence-electron chi connectivity index (χ3n) is 5.78. The molecular weight excluding hydrogens is 571 g/mol. The van der Waals surface area contributed by atoms with E-state index in [2.05, 4.69) is 10.2 Å². The molecular formula is C25H24Cl2N4O5S2. The number of hydrogen-bond acceptors (Lipinski definition) is 6. The summed E-state index contributed by atoms with van der Waals surface area (Å²) >= 11 is 12.2. The number of anilines is 1. The highest BCUT2D eigenvalue weighted by molar-refractivity contribution is 7.93. The number of carboxylic acid groups (broad SMARTS) is 1. The van der Waals surface area contributed by atoms with Crippen LogP contribution in [0, 0.1) is 5.41 Å². The maximum atomic E-state index is 14.0. The summed E-state index contributed by atoms with van der Waals surface area (Å²) in [5, 5.41) is 19.5. The van der Waals surface area contributed by atoms with Crippen molar-refractivity contribution in [3.8, 4) is 5.82 Å². The van der Waals surface area contributed by atoms with Crippen LogP contribution in [0.25, 0.3) is 16.7 Å². The average Bonchev–Trinajstić information content (AvgIpc) is 3.24. The Morgan fingerprint density at radius 3 is 2.21 bits per heavy atom. The molecule has 0 radical (unpaired) electrons. The predicted octanol–water partition coefficient (Wildman–Crippen LogP) is 5.16. The maximum Gasteiger partial charge on any atom is 0.328 e. The van der Waals surface area contributed by atoms with Gasteiger partial charge in [0.25, 0.3) is 10.0 Å². The van der Waals surface area contributed by atoms with Crippen LogP contribution in [-0.2, 0) is 25.6 Å². The van der Waals surface area contributed by atoms with E-state index in [-0.39, 0.29) is 20.6 Å². The molecule has 0 aliphatic heterocycles. The Hall–Kier alpha value is -2.99. The number of aromatic nitrogens is 3. The summed E-state index contributed by atoms with van der Waals surface area (Å²) < 4.78 is 42.2. The van der Waals surface area contributed by atoms with Gasteiger partial charge in [0, 0.05) is 27.9 Å². The highest BCUT2D eigenvalue weighted by Crippen LogP contribution is 2.37. The monoisotopic (exact) mass is 594 g/mol. The van der Waals surface area contributed by atoms with E-state index in [4.69, 9.17) is 23.2 Å². The van der Waals surface area contributed by atoms with Crippen LogP contribution >= 0.6 is 23.2 Å². The van der Waals surface area contributed by atoms with Crippen LogP contribution in [0.2, 0.25) is 10.0 Å². The first-order valence-electron chi connectivity index (χ1n) is 11.2. The highest BCUT2D eigenvalue weighted by Gasteiger charge is 2.43. The Labute approximate surface area is 232 Å². The number of rotatable bonds is 7. The molecule has 0 bridgehead atoms. The van der Waals surface area contributed by atoms with E-state index in [1.807, 2.05) is 0 Å². The number of halogens is 2. The van der Waals surface area contributed by atoms with E-state index >= 15 is 0 Å². The molecule has 13 heteroatoms. The van der Waals surface area contributed by atoms with E-state index in [0.717, 1.165) is 4.31 Å². The lowest BCUT2D eigenvalue weighted by Crippen LogP contribution is -2.52. The molecule has 0 spiro atoms. The lowest BCUT2D eigenvalue weighted by molar-refractivity contribution is -0.140. The zero-order valence-corrected chi connectivity index (χ0v) is 23.9. The summed E-state index contributed by atoms with van der Waals surface area (Å²) in [6, 6.07) is 12.3. The quantitative estimate of drug-likeness (QED) is 0.313. The van der Waals surface area contributed by atoms with E-state index < -0.39 is 38.2 Å². The molecule has 2 unspecified atom stereocenters. The van der Waals surface area contributed by atoms with Crippen molar-refractivity contribution >= 4 is 66.6 Å². The second-order valence-electron chi connectivity index (χ2n) is 9.63. The minimum absolute atomic E-state index is 0.102. The fourth-order valence-corrected chi connectivity index (χ4v) is 7.03. The van der Waals surface area contributed by atoms with Crippen molar-refractivity contribution in [1.82, 2.24) is 14.8 Å². The number of benzene rings is 2. The Bertz CT molecular complexity index is 1650. The van der Waals surface area contributed by atoms with Crippen LogP contribution in [0.15, 0.2) is 70.7 Å². The number of nitrogens with zero attached hydrogens (tertiary/aromatic N) is 4. The Kier molecular flexibility index (Phi) is 7.59. The van der Waals surface area contributed by atoms with Crippen LogP contribution in [0.1, 0.15) is 20.8 Å². The molecule has 0 amide bonds. The summed E-state index contributed by atoms with van der Waals surface area (Å²) in [5.41, 5.74) is -0.158. The van der Waals surface area contributed by atoms with Gasteiger partial charge in [0.1, 0.15) is 11.1 Å². The normalized spacial score (nSPS) is 13.8. The van der Waals surface area contributed by atoms with E-state index in [0.29, 0.717) is 21.7 Å². The van der Waals surface area contributed by atoms with Crippen molar-refractivity contribution in [2.24, 2.45) is 5.41 Å². The summed E-state index contributed by atoms with van der Waals surface area (Å²) in [4.78, 5) is 12.3. The minimum Gasteiger partial charge on any atom is -0.480 e. The fourth-order valence-electron chi connectivity index (χ4n) is 4.10. The van der Waals surface area contributed by atoms with E-state index in [1.165, 1.54) is 30.5 Å². The predicted molar refractivity (Wildman–Crippen MR) is 148 cm³/mol. The van der Waals surface area contributed by atoms with E-state index in [1.54, 1.807) is 61.9 Å². The first-order valence-corrected chi connectivity index (χ1v) is 15.0. The fraction of sp³-hybridized carbons (Fsp3) is 0.240. The van der Waals surface area contributed by atoms with Gasteiger partial charge in [-0.25, -0.2) is 13.2 Å². The van der Waals surface area contributed by atoms with Crippen LogP contribution in [0.4, 0.5) is 5.69 Å². The Balaban J connectivity index is 1.90. The number of aliphatic carboxylic acids is 1. The second-order valence-corrected chi connectivity index (χ2v) is 13.6. The van der Waals surface area contributed by atoms with Crippen molar-refractivity contribution in [3.05, 3.63) is 70.8 Å². The van der Waals surface area contributed by atoms with Gasteiger partial charge in [0.15, 0.2) is 5.82 Å². The first-order chi connectivity index (χ1) is 17.7. The van der Waals surface area contributed by atoms with Crippen LogP contribution in [0.5, 0.6) is 0 Å². The molecule has 2 heterocycles. The number of carboxylic acids is 1. The van der Waals surface area contributed by atoms with E-state index in [9.17, 15) is 22.5 Å². The van der Waals surface area contributed by atoms with Crippen molar-refractivity contribution < 1.29 is 22.5 Å². The highest BCUT2D eigenvalue weighted by atomic mass is 35.5. The Morgan fingerprint density at radius 2 is 1.68 bits per heavy atom. The third-order valence-corrected chi connectivity index (χ3v) is 8.79. The molecule has 1 N–H and O–H groups in total. The van der Waals surface area contributed by atoms with Gasteiger partial charge in [0.05, 0.1) is 26.9 Å². The van der Waals surface area contributed by atoms with Gasteiger partial charge in [-0.3, -0.25) is 13.1 Å². The minimum atomic E-state index is -4.43. The zero-order chi connectivity index (χ0) is 28.0. The molecule has 0 saturated carbocycles. The van der Waals surface area contributed by atoms with Gasteiger partial charge in [-0.05, 0) is 60.0 Å². The van der Waals surface area contributed by atoms with Gasteiger partial charge < -0.3 is 5.11 Å². The van der Waals surface area contributed by atoms with Gasteiger partial charge >= 0.3 is 5.97 Å².